The van der Waals surface area contributed by atoms with Gasteiger partial charge in [-0.05, 0) is 37.0 Å². The van der Waals surface area contributed by atoms with Crippen molar-refractivity contribution in [1.29, 1.82) is 0 Å². The molecule has 12 heteroatoms. The predicted octanol–water partition coefficient (Wildman–Crippen LogP) is 3.50. The van der Waals surface area contributed by atoms with Crippen LogP contribution < -0.4 is 14.8 Å². The Morgan fingerprint density at radius 3 is 1.97 bits per heavy atom. The summed E-state index contributed by atoms with van der Waals surface area (Å²) in [4.78, 5) is 47.7. The van der Waals surface area contributed by atoms with E-state index < -0.39 is 42.6 Å². The summed E-state index contributed by atoms with van der Waals surface area (Å²) in [6.45, 7) is 8.83. The number of carbonyl (C=O) groups excluding carboxylic acids is 3. The quantitative estimate of drug-likeness (QED) is 0.227. The Hall–Kier alpha value is -3.54. The maximum atomic E-state index is 12.3. The number of nitrogens with one attached hydrogen (secondary N) is 1. The maximum absolute atomic E-state index is 12.3. The van der Waals surface area contributed by atoms with Gasteiger partial charge in [0.15, 0.2) is 11.5 Å². The normalized spacial score (nSPS) is 12.8. The Morgan fingerprint density at radius 2 is 1.50 bits per heavy atom. The first-order valence-corrected chi connectivity index (χ1v) is 10.2. The zero-order valence-electron chi connectivity index (χ0n) is 20.3. The third-order valence-electron chi connectivity index (χ3n) is 3.93. The van der Waals surface area contributed by atoms with Gasteiger partial charge in [-0.15, -0.1) is 0 Å². The van der Waals surface area contributed by atoms with E-state index in [0.717, 1.165) is 14.2 Å². The van der Waals surface area contributed by atoms with Crippen LogP contribution >= 0.6 is 0 Å². The van der Waals surface area contributed by atoms with Gasteiger partial charge in [0.05, 0.1) is 20.8 Å². The van der Waals surface area contributed by atoms with E-state index in [2.05, 4.69) is 14.8 Å². The van der Waals surface area contributed by atoms with Crippen LogP contribution in [0.25, 0.3) is 0 Å². The minimum atomic E-state index is -2.23. The third-order valence-corrected chi connectivity index (χ3v) is 3.93. The van der Waals surface area contributed by atoms with Crippen molar-refractivity contribution in [1.82, 2.24) is 5.32 Å². The van der Waals surface area contributed by atoms with E-state index in [1.807, 2.05) is 20.8 Å². The van der Waals surface area contributed by atoms with E-state index in [1.54, 1.807) is 13.8 Å². The fourth-order valence-corrected chi connectivity index (χ4v) is 2.59. The summed E-state index contributed by atoms with van der Waals surface area (Å²) in [7, 11) is 2.17. The van der Waals surface area contributed by atoms with E-state index >= 15 is 0 Å². The van der Waals surface area contributed by atoms with Crippen LogP contribution in [0.5, 0.6) is 11.5 Å². The second kappa shape index (κ2) is 12.1. The molecular formula is C22H31NO11. The van der Waals surface area contributed by atoms with Crippen LogP contribution in [0.3, 0.4) is 0 Å². The Kier molecular flexibility index (Phi) is 10.1. The lowest BCUT2D eigenvalue weighted by molar-refractivity contribution is -0.167. The summed E-state index contributed by atoms with van der Waals surface area (Å²) in [6, 6.07) is 3.47. The molecule has 0 aliphatic heterocycles. The summed E-state index contributed by atoms with van der Waals surface area (Å²) in [5.41, 5.74) is -2.35. The Balaban J connectivity index is 3.34. The van der Waals surface area contributed by atoms with Gasteiger partial charge in [0.25, 0.3) is 5.72 Å². The second-order valence-electron chi connectivity index (χ2n) is 8.70. The summed E-state index contributed by atoms with van der Waals surface area (Å²) < 4.78 is 29.1. The number of carboxylic acids is 1. The molecule has 0 aliphatic carbocycles. The molecule has 0 radical (unpaired) electrons. The summed E-state index contributed by atoms with van der Waals surface area (Å²) >= 11 is 0. The highest BCUT2D eigenvalue weighted by molar-refractivity contribution is 5.80. The number of benzene rings is 1. The molecule has 0 aliphatic rings. The first-order valence-electron chi connectivity index (χ1n) is 10.2. The SMILES string of the molecule is COC(=O)Oc1ccc(C[C@](NC(C)C)(OC(=O)OCC(C)(C)C)C(=O)O)cc1OC(=O)OC. The van der Waals surface area contributed by atoms with Crippen LogP contribution in [-0.2, 0) is 30.2 Å². The van der Waals surface area contributed by atoms with Crippen molar-refractivity contribution in [3.8, 4) is 11.5 Å². The Labute approximate surface area is 197 Å². The molecule has 0 heterocycles. The number of hydrogen-bond donors (Lipinski definition) is 2. The zero-order valence-corrected chi connectivity index (χ0v) is 20.3. The van der Waals surface area contributed by atoms with Crippen LogP contribution in [-0.4, -0.2) is 62.1 Å². The van der Waals surface area contributed by atoms with Crippen LogP contribution in [0.1, 0.15) is 40.2 Å². The third kappa shape index (κ3) is 9.14. The number of methoxy groups -OCH3 is 2. The standard InChI is InChI=1S/C22H31NO11/c1-13(2)23-22(17(24)25,34-20(28)31-12-21(3,4)5)11-14-8-9-15(32-18(26)29-6)16(10-14)33-19(27)30-7/h8-10,13,23H,11-12H2,1-7H3,(H,24,25)/t22-/m0/s1. The molecule has 0 saturated heterocycles. The average Bonchev–Trinajstić information content (AvgIpc) is 2.72. The van der Waals surface area contributed by atoms with Gasteiger partial charge in [0, 0.05) is 12.5 Å². The number of hydrogen-bond acceptors (Lipinski definition) is 11. The minimum absolute atomic E-state index is 0.000107. The van der Waals surface area contributed by atoms with Crippen molar-refractivity contribution in [2.75, 3.05) is 20.8 Å². The molecule has 34 heavy (non-hydrogen) atoms. The lowest BCUT2D eigenvalue weighted by Crippen LogP contribution is -2.59. The molecule has 1 atom stereocenters. The lowest BCUT2D eigenvalue weighted by Gasteiger charge is -2.32. The maximum Gasteiger partial charge on any atom is 0.513 e. The molecule has 0 bridgehead atoms. The molecule has 1 aromatic carbocycles. The van der Waals surface area contributed by atoms with Crippen molar-refractivity contribution in [2.24, 2.45) is 5.41 Å². The fraction of sp³-hybridized carbons (Fsp3) is 0.545. The highest BCUT2D eigenvalue weighted by Crippen LogP contribution is 2.31. The molecule has 2 N–H and O–H groups in total. The number of rotatable bonds is 9. The lowest BCUT2D eigenvalue weighted by atomic mass is 9.99. The van der Waals surface area contributed by atoms with Crippen molar-refractivity contribution in [2.45, 2.75) is 52.8 Å². The molecule has 0 saturated carbocycles. The van der Waals surface area contributed by atoms with E-state index in [4.69, 9.17) is 18.9 Å². The van der Waals surface area contributed by atoms with Crippen LogP contribution in [0, 0.1) is 5.41 Å². The van der Waals surface area contributed by atoms with E-state index in [-0.39, 0.29) is 29.1 Å². The largest absolute Gasteiger partial charge is 0.513 e. The fourth-order valence-electron chi connectivity index (χ4n) is 2.59. The van der Waals surface area contributed by atoms with Gasteiger partial charge in [-0.1, -0.05) is 26.8 Å². The van der Waals surface area contributed by atoms with Gasteiger partial charge in [0.2, 0.25) is 0 Å². The first kappa shape index (κ1) is 28.5. The minimum Gasteiger partial charge on any atom is -0.477 e. The van der Waals surface area contributed by atoms with Crippen LogP contribution in [0.15, 0.2) is 18.2 Å². The molecule has 190 valence electrons. The number of ether oxygens (including phenoxy) is 6. The van der Waals surface area contributed by atoms with Crippen molar-refractivity contribution < 1.29 is 52.7 Å². The van der Waals surface area contributed by atoms with E-state index in [1.165, 1.54) is 18.2 Å². The molecule has 0 amide bonds. The molecule has 1 rings (SSSR count). The monoisotopic (exact) mass is 485 g/mol. The molecular weight excluding hydrogens is 454 g/mol. The number of aliphatic carboxylic acids is 1. The first-order chi connectivity index (χ1) is 15.7. The molecule has 1 aromatic rings. The van der Waals surface area contributed by atoms with Crippen molar-refractivity contribution >= 4 is 24.4 Å². The van der Waals surface area contributed by atoms with Gasteiger partial charge in [0.1, 0.15) is 0 Å². The Bertz CT molecular complexity index is 891. The van der Waals surface area contributed by atoms with Gasteiger partial charge in [-0.3, -0.25) is 5.32 Å². The topological polar surface area (TPSA) is 156 Å². The van der Waals surface area contributed by atoms with E-state index in [0.29, 0.717) is 0 Å². The van der Waals surface area contributed by atoms with Crippen molar-refractivity contribution in [3.63, 3.8) is 0 Å². The van der Waals surface area contributed by atoms with Crippen LogP contribution in [0.2, 0.25) is 0 Å². The number of carbonyl (C=O) groups is 4. The van der Waals surface area contributed by atoms with Crippen LogP contribution in [0.4, 0.5) is 14.4 Å². The van der Waals surface area contributed by atoms with Gasteiger partial charge in [-0.2, -0.15) is 0 Å². The molecule has 0 spiro atoms. The molecule has 0 fully saturated rings. The number of carboxylic acid groups (broad SMARTS) is 1. The van der Waals surface area contributed by atoms with Gasteiger partial charge in [-0.25, -0.2) is 19.2 Å². The highest BCUT2D eigenvalue weighted by atomic mass is 16.8. The predicted molar refractivity (Wildman–Crippen MR) is 117 cm³/mol. The van der Waals surface area contributed by atoms with Crippen molar-refractivity contribution in [3.05, 3.63) is 23.8 Å². The molecule has 0 aromatic heterocycles. The summed E-state index contributed by atoms with van der Waals surface area (Å²) in [6.07, 6.45) is -3.77. The smallest absolute Gasteiger partial charge is 0.477 e. The summed E-state index contributed by atoms with van der Waals surface area (Å²) in [5, 5.41) is 12.7. The van der Waals surface area contributed by atoms with Gasteiger partial charge < -0.3 is 33.5 Å². The molecule has 12 nitrogen and oxygen atoms in total. The molecule has 0 unspecified atom stereocenters. The Morgan fingerprint density at radius 1 is 0.941 bits per heavy atom. The second-order valence-corrected chi connectivity index (χ2v) is 8.70. The van der Waals surface area contributed by atoms with Gasteiger partial charge >= 0.3 is 24.4 Å². The van der Waals surface area contributed by atoms with E-state index in [9.17, 15) is 24.3 Å². The zero-order chi connectivity index (χ0) is 26.1. The average molecular weight is 485 g/mol. The highest BCUT2D eigenvalue weighted by Gasteiger charge is 2.44. The summed E-state index contributed by atoms with van der Waals surface area (Å²) in [5.74, 6) is -1.93.